The summed E-state index contributed by atoms with van der Waals surface area (Å²) in [5.74, 6) is 1.89. The third kappa shape index (κ3) is 10.8. The summed E-state index contributed by atoms with van der Waals surface area (Å²) in [6.45, 7) is 9.74. The first-order valence-electron chi connectivity index (χ1n) is 8.88. The van der Waals surface area contributed by atoms with Gasteiger partial charge in [0.2, 0.25) is 0 Å². The van der Waals surface area contributed by atoms with Gasteiger partial charge in [0.1, 0.15) is 5.76 Å². The van der Waals surface area contributed by atoms with E-state index in [-0.39, 0.29) is 0 Å². The molecule has 0 aliphatic heterocycles. The zero-order valence-electron chi connectivity index (χ0n) is 14.9. The normalized spacial score (nSPS) is 11.9. The van der Waals surface area contributed by atoms with Gasteiger partial charge in [-0.1, -0.05) is 13.3 Å². The SMILES string of the molecule is CCCCNC(=NCCCCOC(C)C)NCCc1ccco1. The van der Waals surface area contributed by atoms with Crippen LogP contribution in [0.4, 0.5) is 0 Å². The summed E-state index contributed by atoms with van der Waals surface area (Å²) in [4.78, 5) is 4.64. The fourth-order valence-corrected chi connectivity index (χ4v) is 2.04. The largest absolute Gasteiger partial charge is 0.469 e. The maximum absolute atomic E-state index is 5.54. The van der Waals surface area contributed by atoms with Crippen LogP contribution in [0.15, 0.2) is 27.8 Å². The van der Waals surface area contributed by atoms with Crippen LogP contribution in [0.25, 0.3) is 0 Å². The van der Waals surface area contributed by atoms with Crippen molar-refractivity contribution in [3.63, 3.8) is 0 Å². The molecule has 1 rings (SSSR count). The van der Waals surface area contributed by atoms with Gasteiger partial charge < -0.3 is 19.8 Å². The molecule has 0 saturated carbocycles. The number of guanidine groups is 1. The molecule has 1 aromatic heterocycles. The molecule has 0 bridgehead atoms. The number of nitrogens with zero attached hydrogens (tertiary/aromatic N) is 1. The Morgan fingerprint density at radius 3 is 2.74 bits per heavy atom. The maximum atomic E-state index is 5.54. The molecule has 0 radical (unpaired) electrons. The molecule has 0 amide bonds. The molecule has 0 aliphatic rings. The average molecular weight is 323 g/mol. The fourth-order valence-electron chi connectivity index (χ4n) is 2.04. The Kier molecular flexibility index (Phi) is 11.0. The van der Waals surface area contributed by atoms with E-state index < -0.39 is 0 Å². The smallest absolute Gasteiger partial charge is 0.191 e. The zero-order valence-corrected chi connectivity index (χ0v) is 14.9. The van der Waals surface area contributed by atoms with Crippen LogP contribution in [0, 0.1) is 0 Å². The Morgan fingerprint density at radius 1 is 1.22 bits per heavy atom. The lowest BCUT2D eigenvalue weighted by Gasteiger charge is -2.12. The van der Waals surface area contributed by atoms with E-state index in [0.29, 0.717) is 6.10 Å². The topological polar surface area (TPSA) is 58.8 Å². The van der Waals surface area contributed by atoms with Crippen LogP contribution in [0.1, 0.15) is 52.2 Å². The summed E-state index contributed by atoms with van der Waals surface area (Å²) in [7, 11) is 0. The summed E-state index contributed by atoms with van der Waals surface area (Å²) in [6.07, 6.45) is 7.32. The highest BCUT2D eigenvalue weighted by atomic mass is 16.5. The molecule has 2 N–H and O–H groups in total. The molecular formula is C18H33N3O2. The first-order valence-corrected chi connectivity index (χ1v) is 8.88. The lowest BCUT2D eigenvalue weighted by atomic mass is 10.3. The van der Waals surface area contributed by atoms with Crippen molar-refractivity contribution in [1.29, 1.82) is 0 Å². The Balaban J connectivity index is 2.24. The first kappa shape index (κ1) is 19.6. The molecule has 0 aromatic carbocycles. The van der Waals surface area contributed by atoms with E-state index in [1.54, 1.807) is 6.26 Å². The van der Waals surface area contributed by atoms with Crippen molar-refractivity contribution in [2.75, 3.05) is 26.2 Å². The van der Waals surface area contributed by atoms with Crippen molar-refractivity contribution in [2.24, 2.45) is 4.99 Å². The molecule has 5 heteroatoms. The highest BCUT2D eigenvalue weighted by molar-refractivity contribution is 5.79. The van der Waals surface area contributed by atoms with Crippen LogP contribution in [-0.2, 0) is 11.2 Å². The van der Waals surface area contributed by atoms with Gasteiger partial charge in [-0.05, 0) is 45.2 Å². The van der Waals surface area contributed by atoms with Gasteiger partial charge in [-0.2, -0.15) is 0 Å². The Labute approximate surface area is 140 Å². The zero-order chi connectivity index (χ0) is 16.8. The summed E-state index contributed by atoms with van der Waals surface area (Å²) >= 11 is 0. The number of ether oxygens (including phenoxy) is 1. The first-order chi connectivity index (χ1) is 11.2. The molecule has 23 heavy (non-hydrogen) atoms. The van der Waals surface area contributed by atoms with E-state index in [1.165, 1.54) is 6.42 Å². The molecule has 1 heterocycles. The minimum atomic E-state index is 0.313. The maximum Gasteiger partial charge on any atom is 0.191 e. The van der Waals surface area contributed by atoms with Gasteiger partial charge in [0.25, 0.3) is 0 Å². The monoisotopic (exact) mass is 323 g/mol. The molecule has 0 spiro atoms. The van der Waals surface area contributed by atoms with Gasteiger partial charge >= 0.3 is 0 Å². The number of rotatable bonds is 12. The Hall–Kier alpha value is -1.49. The molecule has 5 nitrogen and oxygen atoms in total. The van der Waals surface area contributed by atoms with Crippen LogP contribution in [-0.4, -0.2) is 38.3 Å². The van der Waals surface area contributed by atoms with Gasteiger partial charge in [0.15, 0.2) is 5.96 Å². The predicted octanol–water partition coefficient (Wildman–Crippen LogP) is 3.36. The van der Waals surface area contributed by atoms with E-state index in [4.69, 9.17) is 9.15 Å². The minimum Gasteiger partial charge on any atom is -0.469 e. The predicted molar refractivity (Wildman–Crippen MR) is 95.9 cm³/mol. The van der Waals surface area contributed by atoms with Crippen LogP contribution >= 0.6 is 0 Å². The number of furan rings is 1. The van der Waals surface area contributed by atoms with Gasteiger partial charge in [-0.3, -0.25) is 4.99 Å². The van der Waals surface area contributed by atoms with Gasteiger partial charge in [-0.25, -0.2) is 0 Å². The van der Waals surface area contributed by atoms with Crippen LogP contribution in [0.5, 0.6) is 0 Å². The number of hydrogen-bond donors (Lipinski definition) is 2. The quantitative estimate of drug-likeness (QED) is 0.352. The molecule has 0 atom stereocenters. The van der Waals surface area contributed by atoms with Crippen molar-refractivity contribution in [3.05, 3.63) is 24.2 Å². The fraction of sp³-hybridized carbons (Fsp3) is 0.722. The Morgan fingerprint density at radius 2 is 2.04 bits per heavy atom. The highest BCUT2D eigenvalue weighted by Gasteiger charge is 2.00. The van der Waals surface area contributed by atoms with Crippen LogP contribution in [0.2, 0.25) is 0 Å². The van der Waals surface area contributed by atoms with E-state index in [2.05, 4.69) is 36.4 Å². The third-order valence-electron chi connectivity index (χ3n) is 3.34. The van der Waals surface area contributed by atoms with E-state index in [0.717, 1.165) is 63.6 Å². The molecular weight excluding hydrogens is 290 g/mol. The van der Waals surface area contributed by atoms with Crippen molar-refractivity contribution >= 4 is 5.96 Å². The molecule has 0 unspecified atom stereocenters. The summed E-state index contributed by atoms with van der Waals surface area (Å²) in [5, 5.41) is 6.76. The molecule has 132 valence electrons. The molecule has 1 aromatic rings. The summed E-state index contributed by atoms with van der Waals surface area (Å²) < 4.78 is 10.9. The van der Waals surface area contributed by atoms with Crippen molar-refractivity contribution in [1.82, 2.24) is 10.6 Å². The average Bonchev–Trinajstić information content (AvgIpc) is 3.03. The van der Waals surface area contributed by atoms with E-state index in [9.17, 15) is 0 Å². The second-order valence-electron chi connectivity index (χ2n) is 5.89. The number of nitrogens with one attached hydrogen (secondary N) is 2. The number of aliphatic imine (C=N–C) groups is 1. The highest BCUT2D eigenvalue weighted by Crippen LogP contribution is 1.99. The second-order valence-corrected chi connectivity index (χ2v) is 5.89. The molecule has 0 fully saturated rings. The van der Waals surface area contributed by atoms with Crippen LogP contribution in [0.3, 0.4) is 0 Å². The summed E-state index contributed by atoms with van der Waals surface area (Å²) in [6, 6.07) is 3.92. The lowest BCUT2D eigenvalue weighted by molar-refractivity contribution is 0.0763. The number of unbranched alkanes of at least 4 members (excludes halogenated alkanes) is 2. The molecule has 0 aliphatic carbocycles. The molecule has 0 saturated heterocycles. The standard InChI is InChI=1S/C18H33N3O2/c1-4-5-11-19-18(20-12-6-7-14-22-16(2)3)21-13-10-17-9-8-15-23-17/h8-9,15-16H,4-7,10-14H2,1-3H3,(H2,19,20,21). The third-order valence-corrected chi connectivity index (χ3v) is 3.34. The van der Waals surface area contributed by atoms with Gasteiger partial charge in [0.05, 0.1) is 12.4 Å². The van der Waals surface area contributed by atoms with Crippen molar-refractivity contribution in [3.8, 4) is 0 Å². The lowest BCUT2D eigenvalue weighted by Crippen LogP contribution is -2.39. The van der Waals surface area contributed by atoms with Crippen LogP contribution < -0.4 is 10.6 Å². The van der Waals surface area contributed by atoms with Crippen molar-refractivity contribution < 1.29 is 9.15 Å². The summed E-state index contributed by atoms with van der Waals surface area (Å²) in [5.41, 5.74) is 0. The Bertz CT molecular complexity index is 402. The van der Waals surface area contributed by atoms with Gasteiger partial charge in [-0.15, -0.1) is 0 Å². The van der Waals surface area contributed by atoms with E-state index in [1.807, 2.05) is 12.1 Å². The van der Waals surface area contributed by atoms with E-state index >= 15 is 0 Å². The van der Waals surface area contributed by atoms with Gasteiger partial charge in [0, 0.05) is 32.7 Å². The van der Waals surface area contributed by atoms with Crippen molar-refractivity contribution in [2.45, 2.75) is 59.0 Å². The minimum absolute atomic E-state index is 0.313. The second kappa shape index (κ2) is 13.0. The number of hydrogen-bond acceptors (Lipinski definition) is 3.